The van der Waals surface area contributed by atoms with Crippen molar-refractivity contribution in [3.63, 3.8) is 0 Å². The second-order valence-electron chi connectivity index (χ2n) is 6.14. The molecule has 158 valence electrons. The van der Waals surface area contributed by atoms with Crippen molar-refractivity contribution in [2.75, 3.05) is 13.7 Å². The Morgan fingerprint density at radius 3 is 2.35 bits per heavy atom. The number of nitrogens with one attached hydrogen (secondary N) is 2. The lowest BCUT2D eigenvalue weighted by atomic mass is 10.2. The number of amides is 2. The van der Waals surface area contributed by atoms with Crippen LogP contribution in [0.25, 0.3) is 0 Å². The average molecular weight is 437 g/mol. The number of ether oxygens (including phenoxy) is 2. The summed E-state index contributed by atoms with van der Waals surface area (Å²) in [7, 11) is 1.54. The number of methoxy groups -OCH3 is 1. The highest BCUT2D eigenvalue weighted by Crippen LogP contribution is 2.16. The number of nitrogens with zero attached hydrogens (tertiary/aromatic N) is 1. The van der Waals surface area contributed by atoms with Gasteiger partial charge in [-0.05, 0) is 65.5 Å². The van der Waals surface area contributed by atoms with Gasteiger partial charge in [0.05, 0.1) is 19.9 Å². The van der Waals surface area contributed by atoms with E-state index >= 15 is 0 Å². The van der Waals surface area contributed by atoms with E-state index in [0.29, 0.717) is 27.5 Å². The Hall–Kier alpha value is -3.98. The van der Waals surface area contributed by atoms with Crippen LogP contribution in [-0.4, -0.2) is 37.7 Å². The lowest BCUT2D eigenvalue weighted by Crippen LogP contribution is -2.34. The van der Waals surface area contributed by atoms with Crippen LogP contribution in [0.3, 0.4) is 0 Å². The Labute approximate surface area is 182 Å². The zero-order chi connectivity index (χ0) is 22.1. The molecule has 0 saturated carbocycles. The summed E-state index contributed by atoms with van der Waals surface area (Å²) >= 11 is 1.31. The molecule has 8 nitrogen and oxygen atoms in total. The summed E-state index contributed by atoms with van der Waals surface area (Å²) in [6, 6.07) is 16.6. The highest BCUT2D eigenvalue weighted by Gasteiger charge is 2.09. The maximum atomic E-state index is 12.0. The molecule has 0 bridgehead atoms. The van der Waals surface area contributed by atoms with E-state index in [4.69, 9.17) is 9.47 Å². The smallest absolute Gasteiger partial charge is 0.353 e. The third kappa shape index (κ3) is 6.51. The average Bonchev–Trinajstić information content (AvgIpc) is 3.34. The minimum Gasteiger partial charge on any atom is -0.497 e. The molecule has 2 aromatic carbocycles. The van der Waals surface area contributed by atoms with E-state index in [2.05, 4.69) is 15.8 Å². The number of hydrogen-bond acceptors (Lipinski definition) is 7. The molecule has 0 aliphatic carbocycles. The summed E-state index contributed by atoms with van der Waals surface area (Å²) < 4.78 is 10.3. The van der Waals surface area contributed by atoms with Crippen LogP contribution in [-0.2, 0) is 4.79 Å². The number of rotatable bonds is 8. The summed E-state index contributed by atoms with van der Waals surface area (Å²) in [6.07, 6.45) is 1.44. The molecule has 1 aromatic heterocycles. The normalized spacial score (nSPS) is 10.5. The summed E-state index contributed by atoms with van der Waals surface area (Å²) in [5, 5.41) is 8.16. The molecule has 2 amide bonds. The Bertz CT molecular complexity index is 1060. The van der Waals surface area contributed by atoms with Crippen LogP contribution in [0.15, 0.2) is 71.1 Å². The summed E-state index contributed by atoms with van der Waals surface area (Å²) in [5.41, 5.74) is 3.44. The number of hydrogen-bond donors (Lipinski definition) is 2. The summed E-state index contributed by atoms with van der Waals surface area (Å²) in [4.78, 5) is 36.3. The fourth-order valence-electron chi connectivity index (χ4n) is 2.40. The molecule has 0 atom stereocenters. The maximum absolute atomic E-state index is 12.0. The first-order valence-electron chi connectivity index (χ1n) is 9.15. The van der Waals surface area contributed by atoms with Gasteiger partial charge in [0.1, 0.15) is 16.4 Å². The Kier molecular flexibility index (Phi) is 7.50. The van der Waals surface area contributed by atoms with Gasteiger partial charge in [-0.25, -0.2) is 10.2 Å². The van der Waals surface area contributed by atoms with Crippen molar-refractivity contribution in [2.45, 2.75) is 0 Å². The number of carbonyl (C=O) groups excluding carboxylic acids is 3. The Morgan fingerprint density at radius 1 is 1.00 bits per heavy atom. The molecule has 0 aliphatic heterocycles. The standard InChI is InChI=1S/C22H19N3O5S/c1-29-17-10-6-16(7-11-17)21(27)23-14-20(26)25-24-13-15-4-8-18(9-5-15)30-22(28)19-3-2-12-31-19/h2-13H,14H2,1H3,(H,23,27)(H,25,26)/b24-13+. The van der Waals surface area contributed by atoms with Gasteiger partial charge in [0.2, 0.25) is 0 Å². The van der Waals surface area contributed by atoms with E-state index < -0.39 is 11.9 Å². The number of esters is 1. The molecule has 3 aromatic rings. The van der Waals surface area contributed by atoms with Crippen LogP contribution in [0.2, 0.25) is 0 Å². The molecule has 0 unspecified atom stereocenters. The molecular weight excluding hydrogens is 418 g/mol. The summed E-state index contributed by atoms with van der Waals surface area (Å²) in [6.45, 7) is -0.222. The van der Waals surface area contributed by atoms with Crippen LogP contribution in [0.4, 0.5) is 0 Å². The maximum Gasteiger partial charge on any atom is 0.353 e. The first kappa shape index (κ1) is 21.7. The van der Waals surface area contributed by atoms with E-state index in [1.165, 1.54) is 24.7 Å². The third-order valence-corrected chi connectivity index (χ3v) is 4.83. The molecule has 31 heavy (non-hydrogen) atoms. The number of benzene rings is 2. The van der Waals surface area contributed by atoms with E-state index in [9.17, 15) is 14.4 Å². The van der Waals surface area contributed by atoms with E-state index in [0.717, 1.165) is 0 Å². The van der Waals surface area contributed by atoms with Crippen LogP contribution < -0.4 is 20.2 Å². The first-order chi connectivity index (χ1) is 15.0. The monoisotopic (exact) mass is 437 g/mol. The van der Waals surface area contributed by atoms with E-state index in [1.807, 2.05) is 0 Å². The number of hydrazone groups is 1. The van der Waals surface area contributed by atoms with Gasteiger partial charge in [0.15, 0.2) is 0 Å². The van der Waals surface area contributed by atoms with Gasteiger partial charge in [-0.3, -0.25) is 9.59 Å². The molecule has 0 saturated heterocycles. The molecule has 0 aliphatic rings. The lowest BCUT2D eigenvalue weighted by Gasteiger charge is -2.05. The van der Waals surface area contributed by atoms with Gasteiger partial charge in [-0.1, -0.05) is 6.07 Å². The predicted octanol–water partition coefficient (Wildman–Crippen LogP) is 2.86. The van der Waals surface area contributed by atoms with Crippen molar-refractivity contribution >= 4 is 35.3 Å². The third-order valence-electron chi connectivity index (χ3n) is 3.98. The minimum absolute atomic E-state index is 0.222. The molecule has 0 spiro atoms. The van der Waals surface area contributed by atoms with E-state index in [-0.39, 0.29) is 12.5 Å². The predicted molar refractivity (Wildman–Crippen MR) is 117 cm³/mol. The van der Waals surface area contributed by atoms with Crippen molar-refractivity contribution in [3.05, 3.63) is 82.0 Å². The first-order valence-corrected chi connectivity index (χ1v) is 10.0. The van der Waals surface area contributed by atoms with Gasteiger partial charge in [0, 0.05) is 5.56 Å². The van der Waals surface area contributed by atoms with Gasteiger partial charge in [-0.2, -0.15) is 5.10 Å². The fraction of sp³-hybridized carbons (Fsp3) is 0.0909. The van der Waals surface area contributed by atoms with Gasteiger partial charge in [0.25, 0.3) is 11.8 Å². The molecular formula is C22H19N3O5S. The quantitative estimate of drug-likeness (QED) is 0.244. The van der Waals surface area contributed by atoms with Crippen molar-refractivity contribution in [1.29, 1.82) is 0 Å². The zero-order valence-corrected chi connectivity index (χ0v) is 17.3. The molecule has 3 rings (SSSR count). The number of thiophene rings is 1. The van der Waals surface area contributed by atoms with Crippen LogP contribution >= 0.6 is 11.3 Å². The molecule has 1 heterocycles. The van der Waals surface area contributed by atoms with Crippen molar-refractivity contribution in [2.24, 2.45) is 5.10 Å². The van der Waals surface area contributed by atoms with Crippen molar-refractivity contribution in [1.82, 2.24) is 10.7 Å². The SMILES string of the molecule is COc1ccc(C(=O)NCC(=O)N/N=C/c2ccc(OC(=O)c3cccs3)cc2)cc1. The van der Waals surface area contributed by atoms with E-state index in [1.54, 1.807) is 66.0 Å². The van der Waals surface area contributed by atoms with Crippen LogP contribution in [0.5, 0.6) is 11.5 Å². The Balaban J connectivity index is 1.42. The Morgan fingerprint density at radius 2 is 1.71 bits per heavy atom. The second kappa shape index (κ2) is 10.7. The lowest BCUT2D eigenvalue weighted by molar-refractivity contribution is -0.120. The van der Waals surface area contributed by atoms with Crippen molar-refractivity contribution < 1.29 is 23.9 Å². The van der Waals surface area contributed by atoms with Crippen LogP contribution in [0, 0.1) is 0 Å². The fourth-order valence-corrected chi connectivity index (χ4v) is 3.00. The second-order valence-corrected chi connectivity index (χ2v) is 7.09. The topological polar surface area (TPSA) is 106 Å². The zero-order valence-electron chi connectivity index (χ0n) is 16.5. The molecule has 2 N–H and O–H groups in total. The number of carbonyl (C=O) groups is 3. The summed E-state index contributed by atoms with van der Waals surface area (Å²) in [5.74, 6) is -0.229. The van der Waals surface area contributed by atoms with Crippen LogP contribution in [0.1, 0.15) is 25.6 Å². The highest BCUT2D eigenvalue weighted by atomic mass is 32.1. The molecule has 0 fully saturated rings. The highest BCUT2D eigenvalue weighted by molar-refractivity contribution is 7.12. The van der Waals surface area contributed by atoms with Gasteiger partial charge in [-0.15, -0.1) is 11.3 Å². The minimum atomic E-state index is -0.473. The largest absolute Gasteiger partial charge is 0.497 e. The van der Waals surface area contributed by atoms with Crippen molar-refractivity contribution in [3.8, 4) is 11.5 Å². The molecule has 9 heteroatoms. The van der Waals surface area contributed by atoms with Gasteiger partial charge >= 0.3 is 5.97 Å². The molecule has 0 radical (unpaired) electrons. The van der Waals surface area contributed by atoms with Gasteiger partial charge < -0.3 is 14.8 Å².